The first-order valence-corrected chi connectivity index (χ1v) is 6.56. The van der Waals surface area contributed by atoms with Crippen molar-refractivity contribution >= 4 is 17.8 Å². The molecule has 0 saturated carbocycles. The van der Waals surface area contributed by atoms with Gasteiger partial charge in [0.25, 0.3) is 0 Å². The van der Waals surface area contributed by atoms with Crippen LogP contribution in [-0.4, -0.2) is 47.4 Å². The lowest BCUT2D eigenvalue weighted by Gasteiger charge is -2.31. The van der Waals surface area contributed by atoms with Crippen LogP contribution in [0.15, 0.2) is 0 Å². The van der Waals surface area contributed by atoms with Gasteiger partial charge >= 0.3 is 5.97 Å². The molecule has 0 aromatic carbocycles. The Kier molecular flexibility index (Phi) is 4.75. The highest BCUT2D eigenvalue weighted by molar-refractivity contribution is 5.90. The maximum atomic E-state index is 12.4. The van der Waals surface area contributed by atoms with Crippen LogP contribution in [0, 0.1) is 5.41 Å². The minimum absolute atomic E-state index is 0.149. The number of hydrogen-bond acceptors (Lipinski definition) is 5. The second-order valence-corrected chi connectivity index (χ2v) is 6.22. The molecule has 0 aliphatic carbocycles. The van der Waals surface area contributed by atoms with Crippen molar-refractivity contribution in [3.8, 4) is 0 Å². The summed E-state index contributed by atoms with van der Waals surface area (Å²) >= 11 is 0. The van der Waals surface area contributed by atoms with E-state index in [1.807, 2.05) is 20.8 Å². The number of nitrogens with two attached hydrogens (primary N) is 2. The number of rotatable bonds is 3. The van der Waals surface area contributed by atoms with Crippen molar-refractivity contribution in [3.05, 3.63) is 0 Å². The standard InChI is InChI=1S/C13H23N3O4/c1-7(17)20-8-5-9(11(15)18)16(6-8)12(19)10(14)13(2,3)4/h8-10H,5-6,14H2,1-4H3,(H2,15,18)/t8-,9?,10-/m1/s1. The molecule has 7 nitrogen and oxygen atoms in total. The maximum Gasteiger partial charge on any atom is 0.302 e. The molecule has 1 aliphatic rings. The summed E-state index contributed by atoms with van der Waals surface area (Å²) in [7, 11) is 0. The largest absolute Gasteiger partial charge is 0.461 e. The number of carbonyl (C=O) groups is 3. The summed E-state index contributed by atoms with van der Waals surface area (Å²) in [6.07, 6.45) is -0.293. The summed E-state index contributed by atoms with van der Waals surface area (Å²) in [6, 6.07) is -1.53. The van der Waals surface area contributed by atoms with Crippen LogP contribution in [0.3, 0.4) is 0 Å². The van der Waals surface area contributed by atoms with E-state index in [9.17, 15) is 14.4 Å². The van der Waals surface area contributed by atoms with Crippen LogP contribution in [-0.2, 0) is 19.1 Å². The molecule has 1 fully saturated rings. The van der Waals surface area contributed by atoms with Gasteiger partial charge in [-0.3, -0.25) is 14.4 Å². The molecule has 4 N–H and O–H groups in total. The third kappa shape index (κ3) is 3.69. The van der Waals surface area contributed by atoms with Crippen LogP contribution >= 0.6 is 0 Å². The van der Waals surface area contributed by atoms with Gasteiger partial charge in [0.2, 0.25) is 11.8 Å². The van der Waals surface area contributed by atoms with Gasteiger partial charge in [-0.05, 0) is 5.41 Å². The summed E-state index contributed by atoms with van der Waals surface area (Å²) in [4.78, 5) is 36.2. The van der Waals surface area contributed by atoms with E-state index in [0.29, 0.717) is 0 Å². The summed E-state index contributed by atoms with van der Waals surface area (Å²) in [5.41, 5.74) is 10.8. The highest BCUT2D eigenvalue weighted by atomic mass is 16.5. The highest BCUT2D eigenvalue weighted by Crippen LogP contribution is 2.25. The normalized spacial score (nSPS) is 24.4. The van der Waals surface area contributed by atoms with Gasteiger partial charge in [-0.25, -0.2) is 0 Å². The van der Waals surface area contributed by atoms with Crippen LogP contribution in [0.2, 0.25) is 0 Å². The number of hydrogen-bond donors (Lipinski definition) is 2. The van der Waals surface area contributed by atoms with Crippen molar-refractivity contribution in [2.24, 2.45) is 16.9 Å². The molecule has 0 spiro atoms. The summed E-state index contributed by atoms with van der Waals surface area (Å²) in [6.45, 7) is 6.96. The van der Waals surface area contributed by atoms with Crippen molar-refractivity contribution in [1.82, 2.24) is 4.90 Å². The van der Waals surface area contributed by atoms with Crippen LogP contribution in [0.1, 0.15) is 34.1 Å². The number of esters is 1. The molecule has 0 aromatic rings. The molecular weight excluding hydrogens is 262 g/mol. The molecule has 114 valence electrons. The summed E-state index contributed by atoms with van der Waals surface area (Å²) in [5, 5.41) is 0. The van der Waals surface area contributed by atoms with Crippen molar-refractivity contribution < 1.29 is 19.1 Å². The number of likely N-dealkylation sites (tertiary alicyclic amines) is 1. The van der Waals surface area contributed by atoms with Gasteiger partial charge in [0.1, 0.15) is 12.1 Å². The fourth-order valence-electron chi connectivity index (χ4n) is 2.18. The van der Waals surface area contributed by atoms with Gasteiger partial charge in [-0.15, -0.1) is 0 Å². The van der Waals surface area contributed by atoms with E-state index in [2.05, 4.69) is 0 Å². The first-order chi connectivity index (χ1) is 9.04. The Hall–Kier alpha value is -1.63. The molecule has 20 heavy (non-hydrogen) atoms. The van der Waals surface area contributed by atoms with Gasteiger partial charge in [0, 0.05) is 13.3 Å². The molecule has 3 atom stereocenters. The Bertz CT molecular complexity index is 416. The van der Waals surface area contributed by atoms with Crippen LogP contribution in [0.5, 0.6) is 0 Å². The molecule has 7 heteroatoms. The van der Waals surface area contributed by atoms with Gasteiger partial charge < -0.3 is 21.1 Å². The SMILES string of the molecule is CC(=O)O[C@@H]1CC(C(N)=O)N(C(=O)[C@@H](N)C(C)(C)C)C1. The van der Waals surface area contributed by atoms with E-state index >= 15 is 0 Å². The van der Waals surface area contributed by atoms with Crippen molar-refractivity contribution in [1.29, 1.82) is 0 Å². The van der Waals surface area contributed by atoms with E-state index in [-0.39, 0.29) is 18.9 Å². The predicted octanol–water partition coefficient (Wildman–Crippen LogP) is -0.622. The van der Waals surface area contributed by atoms with Gasteiger partial charge in [0.15, 0.2) is 0 Å². The van der Waals surface area contributed by atoms with E-state index in [1.165, 1.54) is 11.8 Å². The second kappa shape index (κ2) is 5.78. The molecule has 2 amide bonds. The topological polar surface area (TPSA) is 116 Å². The molecule has 1 unspecified atom stereocenters. The average molecular weight is 285 g/mol. The van der Waals surface area contributed by atoms with E-state index in [4.69, 9.17) is 16.2 Å². The second-order valence-electron chi connectivity index (χ2n) is 6.22. The number of nitrogens with zero attached hydrogens (tertiary/aromatic N) is 1. The molecule has 1 heterocycles. The predicted molar refractivity (Wildman–Crippen MR) is 72.3 cm³/mol. The van der Waals surface area contributed by atoms with Crippen LogP contribution < -0.4 is 11.5 Å². The molecule has 0 bridgehead atoms. The Morgan fingerprint density at radius 1 is 1.30 bits per heavy atom. The third-order valence-corrected chi connectivity index (χ3v) is 3.41. The lowest BCUT2D eigenvalue weighted by atomic mass is 9.86. The Morgan fingerprint density at radius 3 is 2.25 bits per heavy atom. The van der Waals surface area contributed by atoms with E-state index in [1.54, 1.807) is 0 Å². The van der Waals surface area contributed by atoms with E-state index < -0.39 is 35.5 Å². The zero-order valence-electron chi connectivity index (χ0n) is 12.4. The fraction of sp³-hybridized carbons (Fsp3) is 0.769. The highest BCUT2D eigenvalue weighted by Gasteiger charge is 2.43. The number of primary amides is 1. The van der Waals surface area contributed by atoms with Crippen LogP contribution in [0.4, 0.5) is 0 Å². The zero-order chi connectivity index (χ0) is 15.7. The van der Waals surface area contributed by atoms with Crippen molar-refractivity contribution in [2.75, 3.05) is 6.54 Å². The lowest BCUT2D eigenvalue weighted by molar-refractivity contribution is -0.147. The Morgan fingerprint density at radius 2 is 1.85 bits per heavy atom. The third-order valence-electron chi connectivity index (χ3n) is 3.41. The quantitative estimate of drug-likeness (QED) is 0.670. The number of amides is 2. The first kappa shape index (κ1) is 16.4. The van der Waals surface area contributed by atoms with E-state index in [0.717, 1.165) is 0 Å². The summed E-state index contributed by atoms with van der Waals surface area (Å²) in [5.74, 6) is -1.42. The van der Waals surface area contributed by atoms with Crippen molar-refractivity contribution in [3.63, 3.8) is 0 Å². The number of ether oxygens (including phenoxy) is 1. The van der Waals surface area contributed by atoms with Gasteiger partial charge in [0.05, 0.1) is 12.6 Å². The lowest BCUT2D eigenvalue weighted by Crippen LogP contribution is -2.54. The number of carbonyl (C=O) groups excluding carboxylic acids is 3. The summed E-state index contributed by atoms with van der Waals surface area (Å²) < 4.78 is 5.06. The maximum absolute atomic E-state index is 12.4. The van der Waals surface area contributed by atoms with Crippen LogP contribution in [0.25, 0.3) is 0 Å². The molecule has 0 radical (unpaired) electrons. The van der Waals surface area contributed by atoms with Crippen molar-refractivity contribution in [2.45, 2.75) is 52.3 Å². The minimum atomic E-state index is -0.778. The molecule has 1 aliphatic heterocycles. The molecular formula is C13H23N3O4. The molecule has 0 aromatic heterocycles. The molecule has 1 saturated heterocycles. The average Bonchev–Trinajstić information content (AvgIpc) is 2.68. The minimum Gasteiger partial charge on any atom is -0.461 e. The first-order valence-electron chi connectivity index (χ1n) is 6.56. The zero-order valence-corrected chi connectivity index (χ0v) is 12.4. The smallest absolute Gasteiger partial charge is 0.302 e. The Labute approximate surface area is 118 Å². The van der Waals surface area contributed by atoms with Gasteiger partial charge in [-0.1, -0.05) is 20.8 Å². The fourth-order valence-corrected chi connectivity index (χ4v) is 2.18. The molecule has 1 rings (SSSR count). The Balaban J connectivity index is 2.88. The monoisotopic (exact) mass is 285 g/mol. The van der Waals surface area contributed by atoms with Gasteiger partial charge in [-0.2, -0.15) is 0 Å².